The van der Waals surface area contributed by atoms with Gasteiger partial charge in [-0.1, -0.05) is 6.92 Å². The summed E-state index contributed by atoms with van der Waals surface area (Å²) in [5, 5.41) is 10.8. The minimum atomic E-state index is -3.64. The second kappa shape index (κ2) is 5.80. The molecule has 1 unspecified atom stereocenters. The zero-order valence-corrected chi connectivity index (χ0v) is 12.7. The topological polar surface area (TPSA) is 109 Å². The second-order valence-electron chi connectivity index (χ2n) is 5.04. The van der Waals surface area contributed by atoms with Gasteiger partial charge in [0.1, 0.15) is 4.21 Å². The first-order chi connectivity index (χ1) is 9.33. The Kier molecular flexibility index (Phi) is 4.48. The van der Waals surface area contributed by atoms with Crippen LogP contribution >= 0.6 is 11.3 Å². The Labute approximate surface area is 122 Å². The van der Waals surface area contributed by atoms with Crippen molar-refractivity contribution in [2.75, 3.05) is 0 Å². The van der Waals surface area contributed by atoms with Gasteiger partial charge in [0.25, 0.3) is 0 Å². The SMILES string of the molecule is CCC(NS(=O)(=O)c1cc(C(N)=O)cs1)C1CC(O)C1. The van der Waals surface area contributed by atoms with E-state index in [2.05, 4.69) is 4.72 Å². The lowest BCUT2D eigenvalue weighted by molar-refractivity contribution is 0.0277. The number of amides is 1. The Morgan fingerprint density at radius 2 is 2.25 bits per heavy atom. The number of hydrogen-bond acceptors (Lipinski definition) is 5. The van der Waals surface area contributed by atoms with Gasteiger partial charge in [-0.2, -0.15) is 0 Å². The Balaban J connectivity index is 2.10. The van der Waals surface area contributed by atoms with Crippen LogP contribution in [0.15, 0.2) is 15.7 Å². The van der Waals surface area contributed by atoms with Gasteiger partial charge in [-0.3, -0.25) is 4.79 Å². The predicted molar refractivity (Wildman–Crippen MR) is 76.0 cm³/mol. The molecule has 0 aromatic carbocycles. The lowest BCUT2D eigenvalue weighted by Gasteiger charge is -2.37. The molecule has 1 aromatic rings. The summed E-state index contributed by atoms with van der Waals surface area (Å²) in [6, 6.07) is 1.10. The number of nitrogens with one attached hydrogen (secondary N) is 1. The van der Waals surface area contributed by atoms with Crippen molar-refractivity contribution in [1.82, 2.24) is 4.72 Å². The molecule has 1 saturated carbocycles. The van der Waals surface area contributed by atoms with E-state index in [-0.39, 0.29) is 27.8 Å². The Morgan fingerprint density at radius 1 is 1.60 bits per heavy atom. The molecule has 1 aromatic heterocycles. The van der Waals surface area contributed by atoms with Gasteiger partial charge < -0.3 is 10.8 Å². The third-order valence-electron chi connectivity index (χ3n) is 3.59. The average molecular weight is 318 g/mol. The number of hydrogen-bond donors (Lipinski definition) is 3. The van der Waals surface area contributed by atoms with Crippen LogP contribution in [0.1, 0.15) is 36.5 Å². The van der Waals surface area contributed by atoms with E-state index >= 15 is 0 Å². The lowest BCUT2D eigenvalue weighted by Crippen LogP contribution is -2.46. The first-order valence-electron chi connectivity index (χ1n) is 6.42. The highest BCUT2D eigenvalue weighted by molar-refractivity contribution is 7.91. The van der Waals surface area contributed by atoms with E-state index in [1.54, 1.807) is 0 Å². The van der Waals surface area contributed by atoms with Gasteiger partial charge in [-0.25, -0.2) is 13.1 Å². The first-order valence-corrected chi connectivity index (χ1v) is 8.78. The molecule has 8 heteroatoms. The van der Waals surface area contributed by atoms with Gasteiger partial charge in [0.05, 0.1) is 11.7 Å². The smallest absolute Gasteiger partial charge is 0.250 e. The van der Waals surface area contributed by atoms with Crippen molar-refractivity contribution < 1.29 is 18.3 Å². The van der Waals surface area contributed by atoms with Crippen LogP contribution in [0.3, 0.4) is 0 Å². The molecule has 0 radical (unpaired) electrons. The van der Waals surface area contributed by atoms with E-state index in [0.29, 0.717) is 19.3 Å². The van der Waals surface area contributed by atoms with Crippen LogP contribution in [0, 0.1) is 5.92 Å². The minimum Gasteiger partial charge on any atom is -0.393 e. The minimum absolute atomic E-state index is 0.0876. The Morgan fingerprint density at radius 3 is 2.70 bits per heavy atom. The predicted octanol–water partition coefficient (Wildman–Crippen LogP) is 0.675. The molecule has 0 saturated heterocycles. The van der Waals surface area contributed by atoms with Crippen molar-refractivity contribution in [1.29, 1.82) is 0 Å². The van der Waals surface area contributed by atoms with E-state index < -0.39 is 15.9 Å². The average Bonchev–Trinajstić information content (AvgIpc) is 2.83. The van der Waals surface area contributed by atoms with Gasteiger partial charge in [-0.05, 0) is 31.2 Å². The summed E-state index contributed by atoms with van der Waals surface area (Å²) in [7, 11) is -3.64. The molecule has 0 bridgehead atoms. The number of rotatable bonds is 6. The fourth-order valence-corrected chi connectivity index (χ4v) is 4.89. The molecule has 6 nitrogen and oxygen atoms in total. The fourth-order valence-electron chi connectivity index (χ4n) is 2.32. The van der Waals surface area contributed by atoms with Gasteiger partial charge in [-0.15, -0.1) is 11.3 Å². The summed E-state index contributed by atoms with van der Waals surface area (Å²) in [5.41, 5.74) is 5.31. The number of carbonyl (C=O) groups is 1. The van der Waals surface area contributed by atoms with Gasteiger partial charge in [0.15, 0.2) is 0 Å². The standard InChI is InChI=1S/C12H18N2O4S2/c1-2-10(7-3-9(15)4-7)14-20(17,18)11-5-8(6-19-11)12(13)16/h5-7,9-10,14-15H,2-4H2,1H3,(H2,13,16). The van der Waals surface area contributed by atoms with E-state index in [0.717, 1.165) is 11.3 Å². The van der Waals surface area contributed by atoms with Crippen molar-refractivity contribution in [3.05, 3.63) is 17.0 Å². The van der Waals surface area contributed by atoms with E-state index in [4.69, 9.17) is 5.73 Å². The summed E-state index contributed by atoms with van der Waals surface area (Å²) in [6.45, 7) is 1.90. The summed E-state index contributed by atoms with van der Waals surface area (Å²) in [4.78, 5) is 11.0. The molecule has 112 valence electrons. The van der Waals surface area contributed by atoms with Gasteiger partial charge in [0, 0.05) is 11.4 Å². The maximum absolute atomic E-state index is 12.2. The molecule has 1 fully saturated rings. The molecule has 2 rings (SSSR count). The Hall–Kier alpha value is -0.960. The monoisotopic (exact) mass is 318 g/mol. The van der Waals surface area contributed by atoms with Crippen LogP contribution in [0.4, 0.5) is 0 Å². The molecule has 1 atom stereocenters. The summed E-state index contributed by atoms with van der Waals surface area (Å²) >= 11 is 0.974. The quantitative estimate of drug-likeness (QED) is 0.716. The van der Waals surface area contributed by atoms with Gasteiger partial charge in [0.2, 0.25) is 15.9 Å². The van der Waals surface area contributed by atoms with E-state index in [1.165, 1.54) is 11.4 Å². The molecule has 4 N–H and O–H groups in total. The van der Waals surface area contributed by atoms with Crippen LogP contribution < -0.4 is 10.5 Å². The molecular weight excluding hydrogens is 300 g/mol. The van der Waals surface area contributed by atoms with Crippen molar-refractivity contribution >= 4 is 27.3 Å². The third kappa shape index (κ3) is 3.20. The normalized spacial score (nSPS) is 24.1. The molecule has 0 aliphatic heterocycles. The van der Waals surface area contributed by atoms with E-state index in [9.17, 15) is 18.3 Å². The summed E-state index contributed by atoms with van der Waals surface area (Å²) in [5.74, 6) is -0.475. The zero-order chi connectivity index (χ0) is 14.9. The highest BCUT2D eigenvalue weighted by atomic mass is 32.2. The number of nitrogens with two attached hydrogens (primary N) is 1. The number of aliphatic hydroxyl groups excluding tert-OH is 1. The van der Waals surface area contributed by atoms with Crippen molar-refractivity contribution in [2.45, 2.75) is 42.5 Å². The molecule has 1 amide bonds. The van der Waals surface area contributed by atoms with Crippen LogP contribution in [-0.2, 0) is 10.0 Å². The number of sulfonamides is 1. The fraction of sp³-hybridized carbons (Fsp3) is 0.583. The maximum atomic E-state index is 12.2. The maximum Gasteiger partial charge on any atom is 0.250 e. The second-order valence-corrected chi connectivity index (χ2v) is 7.89. The van der Waals surface area contributed by atoms with Crippen LogP contribution in [-0.4, -0.2) is 31.6 Å². The van der Waals surface area contributed by atoms with Gasteiger partial charge >= 0.3 is 0 Å². The van der Waals surface area contributed by atoms with Crippen LogP contribution in [0.25, 0.3) is 0 Å². The number of aliphatic hydroxyl groups is 1. The van der Waals surface area contributed by atoms with Crippen molar-refractivity contribution in [3.63, 3.8) is 0 Å². The summed E-state index contributed by atoms with van der Waals surface area (Å²) in [6.07, 6.45) is 1.59. The molecule has 1 aliphatic rings. The molecule has 0 spiro atoms. The molecular formula is C12H18N2O4S2. The lowest BCUT2D eigenvalue weighted by atomic mass is 9.77. The summed E-state index contributed by atoms with van der Waals surface area (Å²) < 4.78 is 27.2. The third-order valence-corrected chi connectivity index (χ3v) is 6.52. The zero-order valence-electron chi connectivity index (χ0n) is 11.1. The molecule has 1 heterocycles. The molecule has 1 aliphatic carbocycles. The Bertz CT molecular complexity index is 590. The number of thiophene rings is 1. The van der Waals surface area contributed by atoms with Crippen LogP contribution in [0.2, 0.25) is 0 Å². The first kappa shape index (κ1) is 15.4. The number of carbonyl (C=O) groups excluding carboxylic acids is 1. The highest BCUT2D eigenvalue weighted by Crippen LogP contribution is 2.32. The van der Waals surface area contributed by atoms with Crippen molar-refractivity contribution in [2.24, 2.45) is 11.7 Å². The van der Waals surface area contributed by atoms with Crippen molar-refractivity contribution in [3.8, 4) is 0 Å². The largest absolute Gasteiger partial charge is 0.393 e. The molecule has 20 heavy (non-hydrogen) atoms. The number of primary amides is 1. The van der Waals surface area contributed by atoms with E-state index in [1.807, 2.05) is 6.92 Å². The highest BCUT2D eigenvalue weighted by Gasteiger charge is 2.35. The van der Waals surface area contributed by atoms with Crippen LogP contribution in [0.5, 0.6) is 0 Å².